The Balaban J connectivity index is 2.35. The number of fused-ring (bicyclic) bond motifs is 1. The fourth-order valence-electron chi connectivity index (χ4n) is 1.96. The lowest BCUT2D eigenvalue weighted by Crippen LogP contribution is -2.12. The van der Waals surface area contributed by atoms with Crippen molar-refractivity contribution >= 4 is 27.4 Å². The molecule has 0 bridgehead atoms. The molecule has 0 saturated carbocycles. The number of benzene rings is 1. The lowest BCUT2D eigenvalue weighted by molar-refractivity contribution is -0.141. The normalized spacial score (nSPS) is 12.9. The van der Waals surface area contributed by atoms with Crippen LogP contribution in [-0.2, 0) is 11.2 Å². The van der Waals surface area contributed by atoms with Crippen LogP contribution < -0.4 is 0 Å². The summed E-state index contributed by atoms with van der Waals surface area (Å²) in [5.74, 6) is -1.06. The van der Waals surface area contributed by atoms with Gasteiger partial charge < -0.3 is 5.11 Å². The largest absolute Gasteiger partial charge is 0.481 e. The van der Waals surface area contributed by atoms with Crippen molar-refractivity contribution < 1.29 is 9.90 Å². The van der Waals surface area contributed by atoms with Gasteiger partial charge in [-0.3, -0.25) is 4.79 Å². The van der Waals surface area contributed by atoms with Gasteiger partial charge in [-0.15, -0.1) is 11.3 Å². The zero-order valence-electron chi connectivity index (χ0n) is 10.3. The molecule has 2 aromatic rings. The lowest BCUT2D eigenvalue weighted by atomic mass is 10.00. The van der Waals surface area contributed by atoms with E-state index in [0.717, 1.165) is 5.56 Å². The van der Waals surface area contributed by atoms with Crippen LogP contribution in [-0.4, -0.2) is 11.1 Å². The summed E-state index contributed by atoms with van der Waals surface area (Å²) in [6, 6.07) is 6.28. The number of aliphatic carboxylic acids is 1. The van der Waals surface area contributed by atoms with Crippen molar-refractivity contribution in [2.45, 2.75) is 27.2 Å². The maximum Gasteiger partial charge on any atom is 0.306 e. The highest BCUT2D eigenvalue weighted by molar-refractivity contribution is 7.19. The fraction of sp³-hybridized carbons (Fsp3) is 0.357. The summed E-state index contributed by atoms with van der Waals surface area (Å²) in [6.07, 6.45) is 0.598. The van der Waals surface area contributed by atoms with Crippen LogP contribution in [0.2, 0.25) is 0 Å². The van der Waals surface area contributed by atoms with Crippen LogP contribution in [0, 0.1) is 19.8 Å². The third kappa shape index (κ3) is 2.34. The summed E-state index contributed by atoms with van der Waals surface area (Å²) in [5, 5.41) is 10.2. The average Bonchev–Trinajstić information content (AvgIpc) is 2.54. The molecule has 0 radical (unpaired) electrons. The van der Waals surface area contributed by atoms with Gasteiger partial charge in [0, 0.05) is 9.58 Å². The Morgan fingerprint density at radius 1 is 1.41 bits per heavy atom. The molecule has 0 amide bonds. The van der Waals surface area contributed by atoms with Gasteiger partial charge in [0.1, 0.15) is 0 Å². The highest BCUT2D eigenvalue weighted by Gasteiger charge is 2.12. The minimum atomic E-state index is -0.733. The molecule has 0 aliphatic rings. The molecule has 0 fully saturated rings. The van der Waals surface area contributed by atoms with Gasteiger partial charge in [-0.1, -0.05) is 19.1 Å². The Morgan fingerprint density at radius 2 is 2.12 bits per heavy atom. The number of hydrogen-bond acceptors (Lipinski definition) is 2. The Hall–Kier alpha value is -1.35. The Labute approximate surface area is 105 Å². The molecule has 1 unspecified atom stereocenters. The third-order valence-electron chi connectivity index (χ3n) is 3.20. The first-order chi connectivity index (χ1) is 7.99. The number of thiophene rings is 1. The first kappa shape index (κ1) is 12.1. The molecular weight excluding hydrogens is 232 g/mol. The molecule has 1 heterocycles. The minimum absolute atomic E-state index is 0.324. The molecule has 0 saturated heterocycles. The highest BCUT2D eigenvalue weighted by atomic mass is 32.1. The van der Waals surface area contributed by atoms with Gasteiger partial charge in [0.15, 0.2) is 0 Å². The van der Waals surface area contributed by atoms with Gasteiger partial charge in [0.2, 0.25) is 0 Å². The SMILES string of the molecule is Cc1sc2cc(CC(C)C(=O)O)ccc2c1C. The molecule has 1 N–H and O–H groups in total. The molecule has 1 aromatic carbocycles. The number of carbonyl (C=O) groups is 1. The van der Waals surface area contributed by atoms with Crippen LogP contribution in [0.15, 0.2) is 18.2 Å². The van der Waals surface area contributed by atoms with E-state index >= 15 is 0 Å². The summed E-state index contributed by atoms with van der Waals surface area (Å²) in [7, 11) is 0. The topological polar surface area (TPSA) is 37.3 Å². The Bertz CT molecular complexity index is 569. The second kappa shape index (κ2) is 4.49. The van der Waals surface area contributed by atoms with E-state index in [0.29, 0.717) is 6.42 Å². The second-order valence-electron chi connectivity index (χ2n) is 4.56. The zero-order valence-corrected chi connectivity index (χ0v) is 11.1. The molecular formula is C14H16O2S. The first-order valence-corrected chi connectivity index (χ1v) is 6.52. The summed E-state index contributed by atoms with van der Waals surface area (Å²) >= 11 is 1.78. The highest BCUT2D eigenvalue weighted by Crippen LogP contribution is 2.31. The van der Waals surface area contributed by atoms with Crippen LogP contribution in [0.4, 0.5) is 0 Å². The predicted molar refractivity (Wildman–Crippen MR) is 71.8 cm³/mol. The van der Waals surface area contributed by atoms with Gasteiger partial charge >= 0.3 is 5.97 Å². The molecule has 0 aliphatic carbocycles. The molecule has 1 atom stereocenters. The van der Waals surface area contributed by atoms with Gasteiger partial charge in [-0.05, 0) is 42.8 Å². The monoisotopic (exact) mass is 248 g/mol. The van der Waals surface area contributed by atoms with Crippen LogP contribution in [0.1, 0.15) is 22.9 Å². The molecule has 17 heavy (non-hydrogen) atoms. The van der Waals surface area contributed by atoms with Crippen molar-refractivity contribution in [3.05, 3.63) is 34.2 Å². The van der Waals surface area contributed by atoms with Crippen LogP contribution >= 0.6 is 11.3 Å². The summed E-state index contributed by atoms with van der Waals surface area (Å²) in [5.41, 5.74) is 2.44. The summed E-state index contributed by atoms with van der Waals surface area (Å²) in [6.45, 7) is 6.00. The number of hydrogen-bond donors (Lipinski definition) is 1. The van der Waals surface area contributed by atoms with Crippen LogP contribution in [0.5, 0.6) is 0 Å². The summed E-state index contributed by atoms with van der Waals surface area (Å²) in [4.78, 5) is 12.2. The Kier molecular flexibility index (Phi) is 3.20. The number of aryl methyl sites for hydroxylation is 2. The molecule has 2 nitrogen and oxygen atoms in total. The van der Waals surface area contributed by atoms with Gasteiger partial charge in [0.25, 0.3) is 0 Å². The predicted octanol–water partition coefficient (Wildman–Crippen LogP) is 3.78. The van der Waals surface area contributed by atoms with Crippen molar-refractivity contribution in [3.8, 4) is 0 Å². The van der Waals surface area contributed by atoms with Crippen molar-refractivity contribution in [1.82, 2.24) is 0 Å². The number of rotatable bonds is 3. The third-order valence-corrected chi connectivity index (χ3v) is 4.37. The fourth-order valence-corrected chi connectivity index (χ4v) is 3.09. The van der Waals surface area contributed by atoms with E-state index in [1.165, 1.54) is 20.5 Å². The van der Waals surface area contributed by atoms with Crippen molar-refractivity contribution in [1.29, 1.82) is 0 Å². The van der Waals surface area contributed by atoms with Gasteiger partial charge in [-0.25, -0.2) is 0 Å². The number of carboxylic acids is 1. The van der Waals surface area contributed by atoms with Crippen molar-refractivity contribution in [3.63, 3.8) is 0 Å². The Morgan fingerprint density at radius 3 is 2.76 bits per heavy atom. The van der Waals surface area contributed by atoms with E-state index in [9.17, 15) is 4.79 Å². The quantitative estimate of drug-likeness (QED) is 0.897. The molecule has 1 aromatic heterocycles. The molecule has 90 valence electrons. The van der Waals surface area contributed by atoms with E-state index in [1.807, 2.05) is 6.07 Å². The van der Waals surface area contributed by atoms with E-state index in [-0.39, 0.29) is 5.92 Å². The summed E-state index contributed by atoms with van der Waals surface area (Å²) < 4.78 is 1.26. The average molecular weight is 248 g/mol. The first-order valence-electron chi connectivity index (χ1n) is 5.70. The molecule has 0 spiro atoms. The number of carboxylic acid groups (broad SMARTS) is 1. The molecule has 2 rings (SSSR count). The van der Waals surface area contributed by atoms with Crippen molar-refractivity contribution in [2.24, 2.45) is 5.92 Å². The zero-order chi connectivity index (χ0) is 12.6. The van der Waals surface area contributed by atoms with Crippen LogP contribution in [0.3, 0.4) is 0 Å². The van der Waals surface area contributed by atoms with Crippen molar-refractivity contribution in [2.75, 3.05) is 0 Å². The van der Waals surface area contributed by atoms with E-state index in [1.54, 1.807) is 18.3 Å². The van der Waals surface area contributed by atoms with Crippen LogP contribution in [0.25, 0.3) is 10.1 Å². The maximum atomic E-state index is 10.8. The standard InChI is InChI=1S/C14H16O2S/c1-8(14(15)16)6-11-4-5-12-9(2)10(3)17-13(12)7-11/h4-5,7-8H,6H2,1-3H3,(H,15,16). The lowest BCUT2D eigenvalue weighted by Gasteiger charge is -2.06. The minimum Gasteiger partial charge on any atom is -0.481 e. The molecule has 3 heteroatoms. The van der Waals surface area contributed by atoms with E-state index < -0.39 is 5.97 Å². The molecule has 0 aliphatic heterocycles. The van der Waals surface area contributed by atoms with Gasteiger partial charge in [0.05, 0.1) is 5.92 Å². The van der Waals surface area contributed by atoms with Gasteiger partial charge in [-0.2, -0.15) is 0 Å². The van der Waals surface area contributed by atoms with E-state index in [2.05, 4.69) is 26.0 Å². The second-order valence-corrected chi connectivity index (χ2v) is 5.81. The van der Waals surface area contributed by atoms with E-state index in [4.69, 9.17) is 5.11 Å². The smallest absolute Gasteiger partial charge is 0.306 e. The maximum absolute atomic E-state index is 10.8.